The summed E-state index contributed by atoms with van der Waals surface area (Å²) in [5.74, 6) is -0.155. The van der Waals surface area contributed by atoms with Crippen molar-refractivity contribution < 1.29 is 19.1 Å². The summed E-state index contributed by atoms with van der Waals surface area (Å²) in [4.78, 5) is 36.3. The molecule has 0 atom stereocenters. The zero-order chi connectivity index (χ0) is 21.5. The molecule has 2 N–H and O–H groups in total. The molecule has 3 aromatic rings. The number of carbonyl (C=O) groups is 3. The smallest absolute Gasteiger partial charge is 0.255 e. The van der Waals surface area contributed by atoms with Gasteiger partial charge in [-0.25, -0.2) is 0 Å². The molecule has 0 saturated carbocycles. The lowest BCUT2D eigenvalue weighted by Gasteiger charge is -2.13. The molecule has 6 nitrogen and oxygen atoms in total. The summed E-state index contributed by atoms with van der Waals surface area (Å²) >= 11 is 6.10. The van der Waals surface area contributed by atoms with E-state index in [0.29, 0.717) is 39.4 Å². The molecular weight excluding hydrogens is 404 g/mol. The monoisotopic (exact) mass is 422 g/mol. The lowest BCUT2D eigenvalue weighted by molar-refractivity contribution is 0.0945. The highest BCUT2D eigenvalue weighted by molar-refractivity contribution is 6.30. The number of methoxy groups -OCH3 is 1. The fraction of sp³-hybridized carbons (Fsp3) is 0.0870. The van der Waals surface area contributed by atoms with Crippen LogP contribution in [0.4, 0.5) is 5.69 Å². The predicted octanol–water partition coefficient (Wildman–Crippen LogP) is 4.34. The second kappa shape index (κ2) is 9.71. The Morgan fingerprint density at radius 3 is 2.57 bits per heavy atom. The molecule has 2 amide bonds. The molecule has 0 aromatic heterocycles. The van der Waals surface area contributed by atoms with Crippen molar-refractivity contribution >= 4 is 35.4 Å². The third-order valence-corrected chi connectivity index (χ3v) is 4.65. The molecule has 0 aliphatic carbocycles. The first-order valence-corrected chi connectivity index (χ1v) is 9.46. The standard InChI is InChI=1S/C23H19ClN2O4/c1-30-19-7-4-6-15(12-19)22(28)26-21-10-9-18(24)11-17(21)13-25-23(29)20-8-3-2-5-16(20)14-27/h2-12,14H,13H2,1H3,(H,25,29)(H,26,28). The molecule has 7 heteroatoms. The van der Waals surface area contributed by atoms with Gasteiger partial charge in [0.05, 0.1) is 7.11 Å². The number of carbonyl (C=O) groups excluding carboxylic acids is 3. The van der Waals surface area contributed by atoms with Crippen molar-refractivity contribution in [3.8, 4) is 5.75 Å². The van der Waals surface area contributed by atoms with E-state index >= 15 is 0 Å². The quantitative estimate of drug-likeness (QED) is 0.554. The van der Waals surface area contributed by atoms with E-state index in [4.69, 9.17) is 16.3 Å². The molecular formula is C23H19ClN2O4. The molecule has 0 heterocycles. The number of amides is 2. The summed E-state index contributed by atoms with van der Waals surface area (Å²) in [5, 5.41) is 6.06. The molecule has 30 heavy (non-hydrogen) atoms. The minimum Gasteiger partial charge on any atom is -0.497 e. The second-order valence-corrected chi connectivity index (χ2v) is 6.81. The zero-order valence-corrected chi connectivity index (χ0v) is 16.9. The fourth-order valence-corrected chi connectivity index (χ4v) is 3.06. The van der Waals surface area contributed by atoms with Crippen LogP contribution in [0.1, 0.15) is 36.6 Å². The lowest BCUT2D eigenvalue weighted by atomic mass is 10.1. The van der Waals surface area contributed by atoms with Gasteiger partial charge in [0.25, 0.3) is 11.8 Å². The van der Waals surface area contributed by atoms with Crippen LogP contribution in [-0.2, 0) is 6.54 Å². The molecule has 0 spiro atoms. The maximum Gasteiger partial charge on any atom is 0.255 e. The molecule has 0 radical (unpaired) electrons. The lowest BCUT2D eigenvalue weighted by Crippen LogP contribution is -2.25. The SMILES string of the molecule is COc1cccc(C(=O)Nc2ccc(Cl)cc2CNC(=O)c2ccccc2C=O)c1. The third kappa shape index (κ3) is 5.04. The average Bonchev–Trinajstić information content (AvgIpc) is 2.78. The highest BCUT2D eigenvalue weighted by atomic mass is 35.5. The van der Waals surface area contributed by atoms with Gasteiger partial charge in [-0.15, -0.1) is 0 Å². The molecule has 0 aliphatic heterocycles. The van der Waals surface area contributed by atoms with E-state index in [1.807, 2.05) is 0 Å². The number of benzene rings is 3. The minimum atomic E-state index is -0.400. The maximum absolute atomic E-state index is 12.6. The number of aldehydes is 1. The van der Waals surface area contributed by atoms with Gasteiger partial charge in [-0.05, 0) is 48.0 Å². The van der Waals surface area contributed by atoms with Crippen LogP contribution in [0.25, 0.3) is 0 Å². The summed E-state index contributed by atoms with van der Waals surface area (Å²) in [5.41, 5.74) is 2.13. The summed E-state index contributed by atoms with van der Waals surface area (Å²) in [6, 6.07) is 18.3. The number of ether oxygens (including phenoxy) is 1. The van der Waals surface area contributed by atoms with Crippen LogP contribution < -0.4 is 15.4 Å². The van der Waals surface area contributed by atoms with Crippen LogP contribution >= 0.6 is 11.6 Å². The summed E-state index contributed by atoms with van der Waals surface area (Å²) in [6.45, 7) is 0.111. The van der Waals surface area contributed by atoms with E-state index in [1.54, 1.807) is 66.7 Å². The molecule has 0 fully saturated rings. The average molecular weight is 423 g/mol. The Labute approximate surface area is 178 Å². The fourth-order valence-electron chi connectivity index (χ4n) is 2.87. The Hall–Kier alpha value is -3.64. The van der Waals surface area contributed by atoms with Crippen LogP contribution in [0.15, 0.2) is 66.7 Å². The summed E-state index contributed by atoms with van der Waals surface area (Å²) < 4.78 is 5.15. The van der Waals surface area contributed by atoms with E-state index in [-0.39, 0.29) is 18.0 Å². The van der Waals surface area contributed by atoms with Crippen molar-refractivity contribution in [3.63, 3.8) is 0 Å². The van der Waals surface area contributed by atoms with Crippen molar-refractivity contribution in [1.29, 1.82) is 0 Å². The zero-order valence-electron chi connectivity index (χ0n) is 16.1. The number of hydrogen-bond acceptors (Lipinski definition) is 4. The number of halogens is 1. The predicted molar refractivity (Wildman–Crippen MR) is 115 cm³/mol. The molecule has 0 unspecified atom stereocenters. The Morgan fingerprint density at radius 1 is 1.00 bits per heavy atom. The second-order valence-electron chi connectivity index (χ2n) is 6.38. The number of rotatable bonds is 7. The topological polar surface area (TPSA) is 84.5 Å². The van der Waals surface area contributed by atoms with E-state index in [0.717, 1.165) is 0 Å². The van der Waals surface area contributed by atoms with Crippen LogP contribution in [0, 0.1) is 0 Å². The molecule has 0 aliphatic rings. The van der Waals surface area contributed by atoms with Crippen molar-refractivity contribution in [2.75, 3.05) is 12.4 Å². The van der Waals surface area contributed by atoms with Gasteiger partial charge in [0, 0.05) is 33.9 Å². The van der Waals surface area contributed by atoms with Crippen molar-refractivity contribution in [2.45, 2.75) is 6.54 Å². The Bertz CT molecular complexity index is 1100. The summed E-state index contributed by atoms with van der Waals surface area (Å²) in [7, 11) is 1.53. The van der Waals surface area contributed by atoms with Gasteiger partial charge in [-0.3, -0.25) is 14.4 Å². The van der Waals surface area contributed by atoms with Crippen LogP contribution in [0.5, 0.6) is 5.75 Å². The van der Waals surface area contributed by atoms with Crippen LogP contribution in [0.2, 0.25) is 5.02 Å². The Kier molecular flexibility index (Phi) is 6.83. The van der Waals surface area contributed by atoms with Gasteiger partial charge in [0.15, 0.2) is 6.29 Å². The highest BCUT2D eigenvalue weighted by Crippen LogP contribution is 2.22. The van der Waals surface area contributed by atoms with E-state index in [2.05, 4.69) is 10.6 Å². The van der Waals surface area contributed by atoms with Gasteiger partial charge < -0.3 is 15.4 Å². The number of hydrogen-bond donors (Lipinski definition) is 2. The van der Waals surface area contributed by atoms with Crippen molar-refractivity contribution in [2.24, 2.45) is 0 Å². The van der Waals surface area contributed by atoms with Crippen molar-refractivity contribution in [1.82, 2.24) is 5.32 Å². The largest absolute Gasteiger partial charge is 0.497 e. The molecule has 0 saturated heterocycles. The normalized spacial score (nSPS) is 10.2. The van der Waals surface area contributed by atoms with E-state index in [1.165, 1.54) is 7.11 Å². The number of nitrogens with one attached hydrogen (secondary N) is 2. The van der Waals surface area contributed by atoms with Gasteiger partial charge >= 0.3 is 0 Å². The maximum atomic E-state index is 12.6. The first-order valence-electron chi connectivity index (χ1n) is 9.08. The molecule has 0 bridgehead atoms. The molecule has 152 valence electrons. The van der Waals surface area contributed by atoms with Gasteiger partial charge in [-0.2, -0.15) is 0 Å². The molecule has 3 rings (SSSR count). The van der Waals surface area contributed by atoms with Crippen molar-refractivity contribution in [3.05, 3.63) is 94.0 Å². The Balaban J connectivity index is 1.77. The van der Waals surface area contributed by atoms with Gasteiger partial charge in [-0.1, -0.05) is 35.9 Å². The third-order valence-electron chi connectivity index (χ3n) is 4.42. The number of anilines is 1. The minimum absolute atomic E-state index is 0.111. The summed E-state index contributed by atoms with van der Waals surface area (Å²) in [6.07, 6.45) is 0.633. The first kappa shape index (κ1) is 21.1. The Morgan fingerprint density at radius 2 is 1.80 bits per heavy atom. The highest BCUT2D eigenvalue weighted by Gasteiger charge is 2.14. The van der Waals surface area contributed by atoms with Crippen LogP contribution in [0.3, 0.4) is 0 Å². The van der Waals surface area contributed by atoms with Gasteiger partial charge in [0.2, 0.25) is 0 Å². The van der Waals surface area contributed by atoms with Gasteiger partial charge in [0.1, 0.15) is 5.75 Å². The van der Waals surface area contributed by atoms with E-state index < -0.39 is 5.91 Å². The van der Waals surface area contributed by atoms with Crippen LogP contribution in [-0.4, -0.2) is 25.2 Å². The first-order chi connectivity index (χ1) is 14.5. The van der Waals surface area contributed by atoms with E-state index in [9.17, 15) is 14.4 Å². The molecule has 3 aromatic carbocycles.